The van der Waals surface area contributed by atoms with Crippen molar-refractivity contribution in [3.05, 3.63) is 34.2 Å². The predicted molar refractivity (Wildman–Crippen MR) is 68.9 cm³/mol. The molecule has 2 heterocycles. The van der Waals surface area contributed by atoms with E-state index in [4.69, 9.17) is 0 Å². The number of aryl methyl sites for hydroxylation is 1. The monoisotopic (exact) mass is 220 g/mol. The number of benzene rings is 1. The molecule has 0 spiro atoms. The largest absolute Gasteiger partial charge is 0.184 e. The third kappa shape index (κ3) is 1.25. The second-order valence-corrected chi connectivity index (χ2v) is 7.09. The van der Waals surface area contributed by atoms with Crippen molar-refractivity contribution in [1.82, 2.24) is 0 Å². The number of hydrogen-bond donors (Lipinski definition) is 0. The van der Waals surface area contributed by atoms with Crippen molar-refractivity contribution in [1.29, 1.82) is 0 Å². The van der Waals surface area contributed by atoms with E-state index < -0.39 is 0 Å². The third-order valence-corrected chi connectivity index (χ3v) is 5.05. The molecule has 2 heteroatoms. The molecule has 72 valence electrons. The van der Waals surface area contributed by atoms with Crippen molar-refractivity contribution >= 4 is 37.3 Å². The lowest BCUT2D eigenvalue weighted by atomic mass is 10.1. The molecule has 1 atom stereocenters. The zero-order valence-electron chi connectivity index (χ0n) is 8.33. The molecule has 0 aliphatic carbocycles. The van der Waals surface area contributed by atoms with Crippen LogP contribution >= 0.6 is 21.8 Å². The van der Waals surface area contributed by atoms with E-state index in [-0.39, 0.29) is 0 Å². The van der Waals surface area contributed by atoms with Crippen LogP contribution in [-0.2, 0) is 5.75 Å². The lowest BCUT2D eigenvalue weighted by Gasteiger charge is -1.97. The Kier molecular flexibility index (Phi) is 1.83. The summed E-state index contributed by atoms with van der Waals surface area (Å²) in [6.07, 6.45) is 2.32. The molecule has 0 saturated heterocycles. The first kappa shape index (κ1) is 8.69. The van der Waals surface area contributed by atoms with Gasteiger partial charge in [-0.05, 0) is 53.3 Å². The maximum absolute atomic E-state index is 2.42. The van der Waals surface area contributed by atoms with Crippen LogP contribution in [0, 0.1) is 6.92 Å². The van der Waals surface area contributed by atoms with Crippen molar-refractivity contribution < 1.29 is 0 Å². The van der Waals surface area contributed by atoms with E-state index in [1.165, 1.54) is 26.3 Å². The summed E-state index contributed by atoms with van der Waals surface area (Å²) in [5, 5.41) is 3.85. The van der Waals surface area contributed by atoms with Gasteiger partial charge in [-0.1, -0.05) is 0 Å². The van der Waals surface area contributed by atoms with Crippen LogP contribution in [0.4, 0.5) is 0 Å². The van der Waals surface area contributed by atoms with Crippen LogP contribution in [-0.4, -0.2) is 11.6 Å². The number of thiophene rings is 1. The Balaban J connectivity index is 2.31. The standard InChI is InChI=1S/C12H12S2/c1-8-3-9-4-10-6-14(2)7-11(10)5-12(9)13-8/h3-5,7H,6H2,1-2H3. The Morgan fingerprint density at radius 1 is 1.29 bits per heavy atom. The fraction of sp³-hybridized carbons (Fsp3) is 0.250. The van der Waals surface area contributed by atoms with Crippen LogP contribution in [0.25, 0.3) is 10.1 Å². The van der Waals surface area contributed by atoms with Crippen LogP contribution in [0.5, 0.6) is 0 Å². The summed E-state index contributed by atoms with van der Waals surface area (Å²) in [5.41, 5.74) is 3.02. The van der Waals surface area contributed by atoms with Gasteiger partial charge in [-0.15, -0.1) is 11.3 Å². The molecule has 1 aliphatic rings. The van der Waals surface area contributed by atoms with Gasteiger partial charge in [-0.3, -0.25) is 0 Å². The fourth-order valence-corrected chi connectivity index (χ4v) is 4.45. The van der Waals surface area contributed by atoms with Crippen LogP contribution in [0.3, 0.4) is 0 Å². The van der Waals surface area contributed by atoms with Crippen molar-refractivity contribution in [2.75, 3.05) is 6.26 Å². The first-order chi connectivity index (χ1) is 6.72. The quantitative estimate of drug-likeness (QED) is 0.593. The lowest BCUT2D eigenvalue weighted by Crippen LogP contribution is -1.81. The van der Waals surface area contributed by atoms with Gasteiger partial charge in [0.25, 0.3) is 0 Å². The normalized spacial score (nSPS) is 19.7. The fourth-order valence-electron chi connectivity index (χ4n) is 2.02. The minimum atomic E-state index is 0.473. The molecule has 0 bridgehead atoms. The highest BCUT2D eigenvalue weighted by molar-refractivity contribution is 8.14. The Morgan fingerprint density at radius 3 is 3.00 bits per heavy atom. The van der Waals surface area contributed by atoms with Gasteiger partial charge in [0.2, 0.25) is 0 Å². The maximum atomic E-state index is 2.42. The second kappa shape index (κ2) is 2.94. The summed E-state index contributed by atoms with van der Waals surface area (Å²) in [6.45, 7) is 2.18. The van der Waals surface area contributed by atoms with E-state index >= 15 is 0 Å². The van der Waals surface area contributed by atoms with Gasteiger partial charge in [0.1, 0.15) is 0 Å². The van der Waals surface area contributed by atoms with Crippen molar-refractivity contribution in [2.24, 2.45) is 0 Å². The van der Waals surface area contributed by atoms with E-state index in [1.807, 2.05) is 11.3 Å². The Hall–Kier alpha value is -0.600. The lowest BCUT2D eigenvalue weighted by molar-refractivity contribution is 1.45. The minimum Gasteiger partial charge on any atom is -0.184 e. The van der Waals surface area contributed by atoms with Gasteiger partial charge in [0.05, 0.1) is 0 Å². The molecular weight excluding hydrogens is 208 g/mol. The summed E-state index contributed by atoms with van der Waals surface area (Å²) in [4.78, 5) is 1.42. The highest BCUT2D eigenvalue weighted by atomic mass is 32.2. The zero-order valence-corrected chi connectivity index (χ0v) is 9.97. The number of fused-ring (bicyclic) bond motifs is 2. The number of rotatable bonds is 0. The van der Waals surface area contributed by atoms with Gasteiger partial charge < -0.3 is 0 Å². The average molecular weight is 220 g/mol. The summed E-state index contributed by atoms with van der Waals surface area (Å²) >= 11 is 1.90. The van der Waals surface area contributed by atoms with Crippen molar-refractivity contribution in [2.45, 2.75) is 12.7 Å². The van der Waals surface area contributed by atoms with Crippen LogP contribution < -0.4 is 0 Å². The smallest absolute Gasteiger partial charge is 0.0351 e. The van der Waals surface area contributed by atoms with Crippen molar-refractivity contribution in [3.63, 3.8) is 0 Å². The molecule has 1 aromatic heterocycles. The SMILES string of the molecule is Cc1cc2cc3c(cc2s1)C=S(C)C3. The van der Waals surface area contributed by atoms with Gasteiger partial charge in [0.15, 0.2) is 0 Å². The molecule has 0 nitrogen and oxygen atoms in total. The summed E-state index contributed by atoms with van der Waals surface area (Å²) in [5.74, 6) is 1.25. The topological polar surface area (TPSA) is 0 Å². The van der Waals surface area contributed by atoms with Gasteiger partial charge in [-0.2, -0.15) is 10.5 Å². The minimum absolute atomic E-state index is 0.473. The molecule has 0 saturated carbocycles. The molecule has 0 radical (unpaired) electrons. The molecule has 2 aromatic rings. The zero-order chi connectivity index (χ0) is 9.71. The van der Waals surface area contributed by atoms with Gasteiger partial charge >= 0.3 is 0 Å². The molecule has 1 unspecified atom stereocenters. The van der Waals surface area contributed by atoms with E-state index in [2.05, 4.69) is 36.7 Å². The highest BCUT2D eigenvalue weighted by Crippen LogP contribution is 2.33. The van der Waals surface area contributed by atoms with Crippen molar-refractivity contribution in [3.8, 4) is 0 Å². The molecule has 1 aliphatic heterocycles. The molecular formula is C12H12S2. The van der Waals surface area contributed by atoms with E-state index in [9.17, 15) is 0 Å². The Morgan fingerprint density at radius 2 is 2.14 bits per heavy atom. The molecule has 3 rings (SSSR count). The van der Waals surface area contributed by atoms with E-state index in [0.717, 1.165) is 0 Å². The first-order valence-electron chi connectivity index (χ1n) is 4.72. The molecule has 0 amide bonds. The second-order valence-electron chi connectivity index (χ2n) is 3.90. The first-order valence-corrected chi connectivity index (χ1v) is 7.40. The highest BCUT2D eigenvalue weighted by Gasteiger charge is 2.10. The molecule has 0 N–H and O–H groups in total. The van der Waals surface area contributed by atoms with Crippen LogP contribution in [0.15, 0.2) is 18.2 Å². The Bertz CT molecular complexity index is 547. The maximum Gasteiger partial charge on any atom is 0.0351 e. The number of hydrogen-bond acceptors (Lipinski definition) is 1. The molecule has 0 fully saturated rings. The van der Waals surface area contributed by atoms with Gasteiger partial charge in [-0.25, -0.2) is 0 Å². The summed E-state index contributed by atoms with van der Waals surface area (Å²) in [6, 6.07) is 7.03. The predicted octanol–water partition coefficient (Wildman–Crippen LogP) is 3.77. The average Bonchev–Trinajstić information content (AvgIpc) is 2.59. The molecule has 1 aromatic carbocycles. The van der Waals surface area contributed by atoms with Crippen LogP contribution in [0.2, 0.25) is 0 Å². The van der Waals surface area contributed by atoms with E-state index in [1.54, 1.807) is 5.56 Å². The van der Waals surface area contributed by atoms with E-state index in [0.29, 0.717) is 10.5 Å². The van der Waals surface area contributed by atoms with Gasteiger partial charge in [0, 0.05) is 15.3 Å². The molecule has 14 heavy (non-hydrogen) atoms. The third-order valence-electron chi connectivity index (χ3n) is 2.61. The summed E-state index contributed by atoms with van der Waals surface area (Å²) < 4.78 is 1.44. The van der Waals surface area contributed by atoms with Crippen LogP contribution in [0.1, 0.15) is 16.0 Å². The summed E-state index contributed by atoms with van der Waals surface area (Å²) in [7, 11) is 0.473. The Labute approximate surface area is 90.5 Å².